The highest BCUT2D eigenvalue weighted by Crippen LogP contribution is 2.39. The zero-order chi connectivity index (χ0) is 30.6. The van der Waals surface area contributed by atoms with Crippen molar-refractivity contribution in [3.05, 3.63) is 53.2 Å². The van der Waals surface area contributed by atoms with Gasteiger partial charge in [0.2, 0.25) is 5.88 Å². The van der Waals surface area contributed by atoms with Crippen LogP contribution in [-0.2, 0) is 16.0 Å². The average molecular weight is 591 g/mol. The van der Waals surface area contributed by atoms with Crippen molar-refractivity contribution in [3.8, 4) is 5.88 Å². The smallest absolute Gasteiger partial charge is 0.308 e. The molecule has 232 valence electrons. The van der Waals surface area contributed by atoms with Gasteiger partial charge in [-0.1, -0.05) is 17.7 Å². The molecule has 0 radical (unpaired) electrons. The van der Waals surface area contributed by atoms with Crippen LogP contribution in [0.3, 0.4) is 0 Å². The van der Waals surface area contributed by atoms with Crippen LogP contribution in [-0.4, -0.2) is 77.2 Å². The Morgan fingerprint density at radius 3 is 2.51 bits per heavy atom. The van der Waals surface area contributed by atoms with Gasteiger partial charge in [0.1, 0.15) is 12.4 Å². The number of anilines is 1. The van der Waals surface area contributed by atoms with Crippen molar-refractivity contribution in [1.82, 2.24) is 9.88 Å². The summed E-state index contributed by atoms with van der Waals surface area (Å²) in [5.41, 5.74) is 2.95. The van der Waals surface area contributed by atoms with E-state index in [9.17, 15) is 14.7 Å². The van der Waals surface area contributed by atoms with Gasteiger partial charge in [-0.25, -0.2) is 4.98 Å². The Labute approximate surface area is 255 Å². The monoisotopic (exact) mass is 590 g/mol. The number of amidine groups is 1. The van der Waals surface area contributed by atoms with Gasteiger partial charge in [0.15, 0.2) is 0 Å². The Morgan fingerprint density at radius 2 is 1.84 bits per heavy atom. The van der Waals surface area contributed by atoms with E-state index in [1.807, 2.05) is 58.2 Å². The average Bonchev–Trinajstić information content (AvgIpc) is 3.34. The molecule has 1 saturated carbocycles. The maximum absolute atomic E-state index is 13.2. The molecular formula is C34H46N4O5. The maximum Gasteiger partial charge on any atom is 0.308 e. The maximum atomic E-state index is 13.2. The van der Waals surface area contributed by atoms with Crippen LogP contribution >= 0.6 is 0 Å². The normalized spacial score (nSPS) is 22.4. The molecule has 0 spiro atoms. The number of carbonyl (C=O) groups is 2. The second kappa shape index (κ2) is 13.6. The molecular weight excluding hydrogens is 544 g/mol. The summed E-state index contributed by atoms with van der Waals surface area (Å²) in [7, 11) is 0. The first kappa shape index (κ1) is 31.1. The SMILES string of the molecule is CCOC(=O)C1CCC(N2C(=NC(=O)c3cccc(C)c3)Cc3cnc(OCCN4CCC(C(C)(C)O)CC4)cc32)CC1. The minimum Gasteiger partial charge on any atom is -0.476 e. The molecule has 1 aromatic heterocycles. The Morgan fingerprint density at radius 1 is 1.09 bits per heavy atom. The number of carbonyl (C=O) groups excluding carboxylic acids is 2. The third-order valence-corrected chi connectivity index (χ3v) is 9.24. The zero-order valence-corrected chi connectivity index (χ0v) is 26.1. The van der Waals surface area contributed by atoms with E-state index in [-0.39, 0.29) is 23.8 Å². The molecule has 9 nitrogen and oxygen atoms in total. The molecule has 1 N–H and O–H groups in total. The predicted molar refractivity (Wildman–Crippen MR) is 167 cm³/mol. The van der Waals surface area contributed by atoms with E-state index < -0.39 is 5.60 Å². The van der Waals surface area contributed by atoms with Crippen LogP contribution in [0.2, 0.25) is 0 Å². The quantitative estimate of drug-likeness (QED) is 0.408. The molecule has 3 aliphatic rings. The molecule has 5 rings (SSSR count). The fraction of sp³-hybridized carbons (Fsp3) is 0.588. The van der Waals surface area contributed by atoms with Gasteiger partial charge in [-0.2, -0.15) is 4.99 Å². The second-order valence-electron chi connectivity index (χ2n) is 12.8. The van der Waals surface area contributed by atoms with Crippen molar-refractivity contribution in [2.75, 3.05) is 37.7 Å². The largest absolute Gasteiger partial charge is 0.476 e. The van der Waals surface area contributed by atoms with Gasteiger partial charge in [0, 0.05) is 42.4 Å². The topological polar surface area (TPSA) is 105 Å². The highest BCUT2D eigenvalue weighted by atomic mass is 16.5. The molecule has 2 aromatic rings. The molecule has 1 aromatic carbocycles. The Balaban J connectivity index is 1.29. The van der Waals surface area contributed by atoms with Gasteiger partial charge in [-0.05, 0) is 97.4 Å². The number of amides is 1. The number of ether oxygens (including phenoxy) is 2. The summed E-state index contributed by atoms with van der Waals surface area (Å²) in [6.07, 6.45) is 7.43. The van der Waals surface area contributed by atoms with Crippen LogP contribution < -0.4 is 9.64 Å². The van der Waals surface area contributed by atoms with E-state index in [4.69, 9.17) is 9.47 Å². The fourth-order valence-corrected chi connectivity index (χ4v) is 6.72. The number of aliphatic imine (C=N–C) groups is 1. The minimum atomic E-state index is -0.631. The summed E-state index contributed by atoms with van der Waals surface area (Å²) in [6, 6.07) is 9.61. The van der Waals surface area contributed by atoms with Crippen LogP contribution in [0.4, 0.5) is 5.69 Å². The van der Waals surface area contributed by atoms with E-state index >= 15 is 0 Å². The summed E-state index contributed by atoms with van der Waals surface area (Å²) >= 11 is 0. The number of aliphatic hydroxyl groups is 1. The van der Waals surface area contributed by atoms with Crippen LogP contribution in [0.25, 0.3) is 0 Å². The molecule has 3 heterocycles. The van der Waals surface area contributed by atoms with E-state index in [2.05, 4.69) is 19.8 Å². The van der Waals surface area contributed by atoms with Crippen molar-refractivity contribution in [3.63, 3.8) is 0 Å². The first-order chi connectivity index (χ1) is 20.6. The fourth-order valence-electron chi connectivity index (χ4n) is 6.72. The molecule has 9 heteroatoms. The van der Waals surface area contributed by atoms with Gasteiger partial charge >= 0.3 is 5.97 Å². The summed E-state index contributed by atoms with van der Waals surface area (Å²) in [4.78, 5) is 39.4. The third-order valence-electron chi connectivity index (χ3n) is 9.24. The lowest BCUT2D eigenvalue weighted by atomic mass is 9.83. The number of aromatic nitrogens is 1. The molecule has 1 aliphatic carbocycles. The molecule has 0 atom stereocenters. The minimum absolute atomic E-state index is 0.0857. The number of rotatable bonds is 9. The molecule has 43 heavy (non-hydrogen) atoms. The van der Waals surface area contributed by atoms with Crippen molar-refractivity contribution in [2.45, 2.75) is 84.3 Å². The first-order valence-electron chi connectivity index (χ1n) is 15.8. The number of aryl methyl sites for hydroxylation is 1. The van der Waals surface area contributed by atoms with Crippen molar-refractivity contribution < 1.29 is 24.2 Å². The number of benzene rings is 1. The van der Waals surface area contributed by atoms with E-state index in [1.54, 1.807) is 6.07 Å². The van der Waals surface area contributed by atoms with E-state index in [0.717, 1.165) is 80.8 Å². The van der Waals surface area contributed by atoms with Crippen LogP contribution in [0, 0.1) is 18.8 Å². The van der Waals surface area contributed by atoms with E-state index in [1.165, 1.54) is 0 Å². The van der Waals surface area contributed by atoms with Gasteiger partial charge in [0.05, 0.1) is 23.8 Å². The number of piperidine rings is 1. The number of likely N-dealkylation sites (tertiary alicyclic amines) is 1. The Bertz CT molecular complexity index is 1320. The van der Waals surface area contributed by atoms with Crippen molar-refractivity contribution >= 4 is 23.4 Å². The van der Waals surface area contributed by atoms with Gasteiger partial charge in [-0.15, -0.1) is 0 Å². The number of hydrogen-bond donors (Lipinski definition) is 1. The number of pyridine rings is 1. The molecule has 2 aliphatic heterocycles. The van der Waals surface area contributed by atoms with Crippen molar-refractivity contribution in [2.24, 2.45) is 16.8 Å². The summed E-state index contributed by atoms with van der Waals surface area (Å²) in [6.45, 7) is 11.2. The van der Waals surface area contributed by atoms with E-state index in [0.29, 0.717) is 37.0 Å². The lowest BCUT2D eigenvalue weighted by Crippen LogP contribution is -2.43. The van der Waals surface area contributed by atoms with Crippen LogP contribution in [0.1, 0.15) is 80.8 Å². The molecule has 1 saturated heterocycles. The van der Waals surface area contributed by atoms with Crippen LogP contribution in [0.15, 0.2) is 41.5 Å². The standard InChI is InChI=1S/C34H46N4O5/c1-5-42-33(40)24-9-11-28(12-10-24)38-29-21-31(43-18-17-37-15-13-27(14-16-37)34(3,4)41)35-22-26(29)20-30(38)36-32(39)25-8-6-7-23(2)19-25/h6-8,19,21-22,24,27-28,41H,5,9-18,20H2,1-4H3. The Hall–Kier alpha value is -3.30. The number of nitrogens with zero attached hydrogens (tertiary/aromatic N) is 4. The number of hydrogen-bond acceptors (Lipinski definition) is 7. The number of esters is 1. The predicted octanol–water partition coefficient (Wildman–Crippen LogP) is 4.98. The summed E-state index contributed by atoms with van der Waals surface area (Å²) < 4.78 is 11.4. The highest BCUT2D eigenvalue weighted by molar-refractivity contribution is 6.12. The van der Waals surface area contributed by atoms with Crippen LogP contribution in [0.5, 0.6) is 5.88 Å². The molecule has 2 fully saturated rings. The highest BCUT2D eigenvalue weighted by Gasteiger charge is 2.37. The molecule has 0 bridgehead atoms. The number of fused-ring (bicyclic) bond motifs is 1. The molecule has 0 unspecified atom stereocenters. The summed E-state index contributed by atoms with van der Waals surface area (Å²) in [5.74, 6) is 1.15. The lowest BCUT2D eigenvalue weighted by Gasteiger charge is -2.37. The third kappa shape index (κ3) is 7.62. The van der Waals surface area contributed by atoms with Crippen molar-refractivity contribution in [1.29, 1.82) is 0 Å². The van der Waals surface area contributed by atoms with Gasteiger partial charge in [0.25, 0.3) is 5.91 Å². The molecule has 1 amide bonds. The zero-order valence-electron chi connectivity index (χ0n) is 26.1. The second-order valence-corrected chi connectivity index (χ2v) is 12.8. The Kier molecular flexibility index (Phi) is 9.82. The first-order valence-corrected chi connectivity index (χ1v) is 15.8. The summed E-state index contributed by atoms with van der Waals surface area (Å²) in [5, 5.41) is 10.3. The lowest BCUT2D eigenvalue weighted by molar-refractivity contribution is -0.149. The van der Waals surface area contributed by atoms with Gasteiger partial charge in [-0.3, -0.25) is 14.5 Å². The van der Waals surface area contributed by atoms with Gasteiger partial charge < -0.3 is 19.5 Å².